The molecule has 0 amide bonds. The molecule has 0 aliphatic heterocycles. The van der Waals surface area contributed by atoms with Crippen LogP contribution in [0.3, 0.4) is 0 Å². The molecule has 102 valence electrons. The fourth-order valence-corrected chi connectivity index (χ4v) is 1.61. The van der Waals surface area contributed by atoms with Gasteiger partial charge < -0.3 is 15.2 Å². The second-order valence-corrected chi connectivity index (χ2v) is 4.69. The lowest BCUT2D eigenvalue weighted by Gasteiger charge is -2.18. The van der Waals surface area contributed by atoms with Gasteiger partial charge in [-0.25, -0.2) is 4.39 Å². The number of aliphatic hydroxyl groups excluding tert-OH is 1. The second-order valence-electron chi connectivity index (χ2n) is 4.69. The van der Waals surface area contributed by atoms with Gasteiger partial charge in [0, 0.05) is 18.2 Å². The number of aliphatic hydroxyl groups is 1. The van der Waals surface area contributed by atoms with E-state index in [0.29, 0.717) is 12.1 Å². The number of halogens is 1. The Bertz CT molecular complexity index is 357. The predicted octanol–water partition coefficient (Wildman–Crippen LogP) is 2.26. The lowest BCUT2D eigenvalue weighted by Crippen LogP contribution is -2.33. The van der Waals surface area contributed by atoms with Crippen LogP contribution in [-0.4, -0.2) is 30.5 Å². The van der Waals surface area contributed by atoms with E-state index in [0.717, 1.165) is 0 Å². The highest BCUT2D eigenvalue weighted by Crippen LogP contribution is 2.15. The van der Waals surface area contributed by atoms with E-state index in [4.69, 9.17) is 4.74 Å². The van der Waals surface area contributed by atoms with Crippen molar-refractivity contribution in [3.63, 3.8) is 0 Å². The lowest BCUT2D eigenvalue weighted by molar-refractivity contribution is 0.00557. The second kappa shape index (κ2) is 7.46. The minimum atomic E-state index is -0.582. The third-order valence-corrected chi connectivity index (χ3v) is 2.65. The molecule has 0 heterocycles. The zero-order valence-electron chi connectivity index (χ0n) is 11.2. The summed E-state index contributed by atoms with van der Waals surface area (Å²) in [5.74, 6) is -0.231. The first kappa shape index (κ1) is 15.1. The zero-order chi connectivity index (χ0) is 13.5. The van der Waals surface area contributed by atoms with Crippen LogP contribution in [0, 0.1) is 5.82 Å². The lowest BCUT2D eigenvalue weighted by atomic mass is 10.1. The summed E-state index contributed by atoms with van der Waals surface area (Å²) in [5.41, 5.74) is 0.606. The standard InChI is InChI=1S/C14H22FNO2/c1-10(2)18-9-12(17)8-16-11(3)13-6-4-5-7-14(13)15/h4-7,10-12,16-17H,8-9H2,1-3H3/t11-,12?/m1/s1. The molecule has 0 saturated heterocycles. The van der Waals surface area contributed by atoms with Gasteiger partial charge in [-0.2, -0.15) is 0 Å². The Hall–Kier alpha value is -0.970. The molecule has 3 nitrogen and oxygen atoms in total. The van der Waals surface area contributed by atoms with Gasteiger partial charge in [0.15, 0.2) is 0 Å². The highest BCUT2D eigenvalue weighted by Gasteiger charge is 2.12. The number of rotatable bonds is 7. The van der Waals surface area contributed by atoms with E-state index in [1.807, 2.05) is 20.8 Å². The molecule has 2 atom stereocenters. The molecular formula is C14H22FNO2. The summed E-state index contributed by atoms with van der Waals surface area (Å²) in [6.07, 6.45) is -0.481. The van der Waals surface area contributed by atoms with E-state index < -0.39 is 6.10 Å². The molecule has 1 aromatic carbocycles. The SMILES string of the molecule is CC(C)OCC(O)CN[C@H](C)c1ccccc1F. The van der Waals surface area contributed by atoms with Crippen LogP contribution in [-0.2, 0) is 4.74 Å². The molecule has 0 aliphatic carbocycles. The molecule has 1 unspecified atom stereocenters. The minimum Gasteiger partial charge on any atom is -0.389 e. The zero-order valence-corrected chi connectivity index (χ0v) is 11.2. The Morgan fingerprint density at radius 2 is 1.94 bits per heavy atom. The van der Waals surface area contributed by atoms with Gasteiger partial charge in [0.25, 0.3) is 0 Å². The maximum Gasteiger partial charge on any atom is 0.127 e. The van der Waals surface area contributed by atoms with E-state index in [1.165, 1.54) is 6.07 Å². The van der Waals surface area contributed by atoms with Gasteiger partial charge in [-0.1, -0.05) is 18.2 Å². The van der Waals surface area contributed by atoms with Crippen molar-refractivity contribution in [1.29, 1.82) is 0 Å². The Morgan fingerprint density at radius 3 is 2.56 bits per heavy atom. The average molecular weight is 255 g/mol. The Balaban J connectivity index is 2.37. The third-order valence-electron chi connectivity index (χ3n) is 2.65. The summed E-state index contributed by atoms with van der Waals surface area (Å²) in [7, 11) is 0. The van der Waals surface area contributed by atoms with Crippen molar-refractivity contribution in [3.05, 3.63) is 35.6 Å². The van der Waals surface area contributed by atoms with E-state index in [1.54, 1.807) is 18.2 Å². The molecule has 0 aliphatic rings. The van der Waals surface area contributed by atoms with E-state index >= 15 is 0 Å². The fraction of sp³-hybridized carbons (Fsp3) is 0.571. The molecule has 0 radical (unpaired) electrons. The molecule has 0 aromatic heterocycles. The first-order chi connectivity index (χ1) is 8.50. The van der Waals surface area contributed by atoms with Gasteiger partial charge in [0.05, 0.1) is 18.8 Å². The summed E-state index contributed by atoms with van der Waals surface area (Å²) in [6, 6.07) is 6.50. The molecule has 1 aromatic rings. The van der Waals surface area contributed by atoms with Crippen LogP contribution in [0.4, 0.5) is 4.39 Å². The van der Waals surface area contributed by atoms with Crippen molar-refractivity contribution in [2.75, 3.05) is 13.2 Å². The Labute approximate surface area is 108 Å². The number of benzene rings is 1. The fourth-order valence-electron chi connectivity index (χ4n) is 1.61. The van der Waals surface area contributed by atoms with Gasteiger partial charge in [-0.05, 0) is 26.8 Å². The summed E-state index contributed by atoms with van der Waals surface area (Å²) < 4.78 is 18.8. The van der Waals surface area contributed by atoms with Gasteiger partial charge in [0.2, 0.25) is 0 Å². The summed E-state index contributed by atoms with van der Waals surface area (Å²) >= 11 is 0. The van der Waals surface area contributed by atoms with Crippen LogP contribution in [0.1, 0.15) is 32.4 Å². The monoisotopic (exact) mass is 255 g/mol. The maximum absolute atomic E-state index is 13.5. The predicted molar refractivity (Wildman–Crippen MR) is 69.9 cm³/mol. The Kier molecular flexibility index (Phi) is 6.25. The number of hydrogen-bond donors (Lipinski definition) is 2. The molecular weight excluding hydrogens is 233 g/mol. The minimum absolute atomic E-state index is 0.101. The molecule has 1 rings (SSSR count). The van der Waals surface area contributed by atoms with Crippen molar-refractivity contribution >= 4 is 0 Å². The summed E-state index contributed by atoms with van der Waals surface area (Å²) in [6.45, 7) is 6.37. The van der Waals surface area contributed by atoms with E-state index in [2.05, 4.69) is 5.32 Å². The number of nitrogens with one attached hydrogen (secondary N) is 1. The van der Waals surface area contributed by atoms with Crippen molar-refractivity contribution in [1.82, 2.24) is 5.32 Å². The van der Waals surface area contributed by atoms with Crippen LogP contribution >= 0.6 is 0 Å². The molecule has 0 fully saturated rings. The molecule has 0 saturated carbocycles. The number of hydrogen-bond acceptors (Lipinski definition) is 3. The van der Waals surface area contributed by atoms with Crippen molar-refractivity contribution < 1.29 is 14.2 Å². The van der Waals surface area contributed by atoms with Crippen molar-refractivity contribution in [3.8, 4) is 0 Å². The molecule has 0 bridgehead atoms. The highest BCUT2D eigenvalue weighted by atomic mass is 19.1. The van der Waals surface area contributed by atoms with Gasteiger partial charge in [0.1, 0.15) is 5.82 Å². The summed E-state index contributed by atoms with van der Waals surface area (Å²) in [5, 5.41) is 12.8. The smallest absolute Gasteiger partial charge is 0.127 e. The first-order valence-electron chi connectivity index (χ1n) is 6.28. The first-order valence-corrected chi connectivity index (χ1v) is 6.28. The van der Waals surface area contributed by atoms with Crippen molar-refractivity contribution in [2.45, 2.75) is 39.0 Å². The van der Waals surface area contributed by atoms with Gasteiger partial charge in [-0.3, -0.25) is 0 Å². The molecule has 0 spiro atoms. The normalized spacial score (nSPS) is 14.8. The van der Waals surface area contributed by atoms with Crippen LogP contribution in [0.25, 0.3) is 0 Å². The quantitative estimate of drug-likeness (QED) is 0.785. The van der Waals surface area contributed by atoms with Gasteiger partial charge in [-0.15, -0.1) is 0 Å². The largest absolute Gasteiger partial charge is 0.389 e. The van der Waals surface area contributed by atoms with Gasteiger partial charge >= 0.3 is 0 Å². The van der Waals surface area contributed by atoms with Crippen molar-refractivity contribution in [2.24, 2.45) is 0 Å². The molecule has 2 N–H and O–H groups in total. The maximum atomic E-state index is 13.5. The van der Waals surface area contributed by atoms with Crippen LogP contribution in [0.5, 0.6) is 0 Å². The Morgan fingerprint density at radius 1 is 1.28 bits per heavy atom. The summed E-state index contributed by atoms with van der Waals surface area (Å²) in [4.78, 5) is 0. The molecule has 18 heavy (non-hydrogen) atoms. The number of ether oxygens (including phenoxy) is 1. The van der Waals surface area contributed by atoms with Crippen LogP contribution < -0.4 is 5.32 Å². The molecule has 4 heteroatoms. The highest BCUT2D eigenvalue weighted by molar-refractivity contribution is 5.20. The van der Waals surface area contributed by atoms with E-state index in [9.17, 15) is 9.50 Å². The third kappa shape index (κ3) is 5.12. The average Bonchev–Trinajstić information content (AvgIpc) is 2.34. The van der Waals surface area contributed by atoms with Crippen LogP contribution in [0.15, 0.2) is 24.3 Å². The van der Waals surface area contributed by atoms with Crippen LogP contribution in [0.2, 0.25) is 0 Å². The van der Waals surface area contributed by atoms with E-state index in [-0.39, 0.29) is 24.6 Å². The topological polar surface area (TPSA) is 41.5 Å².